The van der Waals surface area contributed by atoms with Crippen LogP contribution in [0.1, 0.15) is 12.5 Å². The summed E-state index contributed by atoms with van der Waals surface area (Å²) in [6.07, 6.45) is 0. The maximum absolute atomic E-state index is 12.7. The van der Waals surface area contributed by atoms with Crippen LogP contribution in [0.25, 0.3) is 11.3 Å². The number of ether oxygens (including phenoxy) is 1. The number of nitrogens with zero attached hydrogens (tertiary/aromatic N) is 2. The highest BCUT2D eigenvalue weighted by Crippen LogP contribution is 2.30. The van der Waals surface area contributed by atoms with Crippen LogP contribution in [0.5, 0.6) is 5.75 Å². The largest absolute Gasteiger partial charge is 0.495 e. The summed E-state index contributed by atoms with van der Waals surface area (Å²) in [7, 11) is 1.49. The van der Waals surface area contributed by atoms with Crippen molar-refractivity contribution < 1.29 is 9.53 Å². The van der Waals surface area contributed by atoms with Crippen molar-refractivity contribution in [3.8, 4) is 23.1 Å². The van der Waals surface area contributed by atoms with E-state index in [2.05, 4.69) is 15.3 Å². The molecule has 3 rings (SSSR count). The summed E-state index contributed by atoms with van der Waals surface area (Å²) in [5.41, 5.74) is 0.501. The van der Waals surface area contributed by atoms with E-state index in [1.165, 1.54) is 7.11 Å². The van der Waals surface area contributed by atoms with Gasteiger partial charge in [-0.05, 0) is 37.3 Å². The van der Waals surface area contributed by atoms with E-state index in [-0.39, 0.29) is 22.3 Å². The predicted molar refractivity (Wildman–Crippen MR) is 122 cm³/mol. The van der Waals surface area contributed by atoms with E-state index < -0.39 is 10.8 Å². The maximum Gasteiger partial charge on any atom is 0.270 e. The number of carbonyl (C=O) groups is 1. The molecule has 1 unspecified atom stereocenters. The zero-order chi connectivity index (χ0) is 22.5. The molecule has 0 radical (unpaired) electrons. The minimum Gasteiger partial charge on any atom is -0.495 e. The fourth-order valence-electron chi connectivity index (χ4n) is 2.66. The van der Waals surface area contributed by atoms with E-state index in [0.717, 1.165) is 11.8 Å². The SMILES string of the molecule is COc1ccc(Cl)cc1NC(=O)C(C)Sc1nc(-c2ccc(Cl)cc2)c(C#N)c(=O)[nH]1. The number of thioether (sulfide) groups is 1. The van der Waals surface area contributed by atoms with Crippen LogP contribution < -0.4 is 15.6 Å². The Kier molecular flexibility index (Phi) is 7.23. The average molecular weight is 475 g/mol. The van der Waals surface area contributed by atoms with Crippen LogP contribution in [0.3, 0.4) is 0 Å². The van der Waals surface area contributed by atoms with Crippen molar-refractivity contribution >= 4 is 46.6 Å². The number of aromatic amines is 1. The van der Waals surface area contributed by atoms with E-state index >= 15 is 0 Å². The van der Waals surface area contributed by atoms with E-state index in [4.69, 9.17) is 27.9 Å². The van der Waals surface area contributed by atoms with E-state index in [9.17, 15) is 14.9 Å². The van der Waals surface area contributed by atoms with Crippen molar-refractivity contribution in [2.75, 3.05) is 12.4 Å². The lowest BCUT2D eigenvalue weighted by Crippen LogP contribution is -2.24. The molecule has 1 heterocycles. The van der Waals surface area contributed by atoms with Gasteiger partial charge in [0.05, 0.1) is 23.7 Å². The molecule has 1 amide bonds. The highest BCUT2D eigenvalue weighted by atomic mass is 35.5. The van der Waals surface area contributed by atoms with Crippen LogP contribution in [0.15, 0.2) is 52.4 Å². The molecule has 0 spiro atoms. The van der Waals surface area contributed by atoms with Crippen LogP contribution in [0.4, 0.5) is 5.69 Å². The van der Waals surface area contributed by atoms with Gasteiger partial charge >= 0.3 is 0 Å². The second kappa shape index (κ2) is 9.88. The number of amides is 1. The van der Waals surface area contributed by atoms with Gasteiger partial charge in [0.15, 0.2) is 5.16 Å². The summed E-state index contributed by atoms with van der Waals surface area (Å²) in [6, 6.07) is 13.4. The molecular formula is C21H16Cl2N4O3S. The van der Waals surface area contributed by atoms with E-state index in [1.54, 1.807) is 49.4 Å². The Morgan fingerprint density at radius 2 is 1.90 bits per heavy atom. The van der Waals surface area contributed by atoms with Crippen molar-refractivity contribution in [1.82, 2.24) is 9.97 Å². The summed E-state index contributed by atoms with van der Waals surface area (Å²) in [5, 5.41) is 12.7. The molecule has 3 aromatic rings. The van der Waals surface area contributed by atoms with E-state index in [1.807, 2.05) is 6.07 Å². The van der Waals surface area contributed by atoms with Crippen LogP contribution >= 0.6 is 35.0 Å². The Bertz CT molecular complexity index is 1220. The van der Waals surface area contributed by atoms with Crippen molar-refractivity contribution in [2.45, 2.75) is 17.3 Å². The first-order valence-electron chi connectivity index (χ1n) is 8.93. The third-order valence-corrected chi connectivity index (χ3v) is 5.68. The first-order valence-corrected chi connectivity index (χ1v) is 10.6. The molecule has 0 aliphatic heterocycles. The van der Waals surface area contributed by atoms with Crippen LogP contribution in [-0.4, -0.2) is 28.2 Å². The number of anilines is 1. The van der Waals surface area contributed by atoms with E-state index in [0.29, 0.717) is 27.0 Å². The average Bonchev–Trinajstić information content (AvgIpc) is 2.74. The van der Waals surface area contributed by atoms with Gasteiger partial charge in [-0.1, -0.05) is 47.1 Å². The molecule has 1 atom stereocenters. The second-order valence-corrected chi connectivity index (χ2v) is 8.51. The third-order valence-electron chi connectivity index (χ3n) is 4.20. The fraction of sp³-hybridized carbons (Fsp3) is 0.143. The van der Waals surface area contributed by atoms with Gasteiger partial charge in [0.2, 0.25) is 5.91 Å². The number of methoxy groups -OCH3 is 1. The zero-order valence-corrected chi connectivity index (χ0v) is 18.7. The molecular weight excluding hydrogens is 459 g/mol. The smallest absolute Gasteiger partial charge is 0.270 e. The number of H-pyrrole nitrogens is 1. The van der Waals surface area contributed by atoms with Gasteiger partial charge in [-0.3, -0.25) is 9.59 Å². The highest BCUT2D eigenvalue weighted by Gasteiger charge is 2.20. The first kappa shape index (κ1) is 22.7. The van der Waals surface area contributed by atoms with Crippen molar-refractivity contribution in [2.24, 2.45) is 0 Å². The molecule has 0 bridgehead atoms. The quantitative estimate of drug-likeness (QED) is 0.394. The molecule has 0 saturated carbocycles. The number of hydrogen-bond acceptors (Lipinski definition) is 6. The van der Waals surface area contributed by atoms with Crippen molar-refractivity contribution in [3.05, 3.63) is 68.4 Å². The Hall–Kier alpha value is -2.99. The van der Waals surface area contributed by atoms with Gasteiger partial charge in [-0.2, -0.15) is 5.26 Å². The summed E-state index contributed by atoms with van der Waals surface area (Å²) >= 11 is 13.0. The van der Waals surface area contributed by atoms with Gasteiger partial charge in [0, 0.05) is 15.6 Å². The topological polar surface area (TPSA) is 108 Å². The number of rotatable bonds is 6. The Balaban J connectivity index is 1.86. The maximum atomic E-state index is 12.7. The minimum absolute atomic E-state index is 0.118. The number of aromatic nitrogens is 2. The molecule has 7 nitrogen and oxygen atoms in total. The third kappa shape index (κ3) is 5.39. The molecule has 10 heteroatoms. The lowest BCUT2D eigenvalue weighted by atomic mass is 10.1. The molecule has 2 aromatic carbocycles. The van der Waals surface area contributed by atoms with Gasteiger partial charge in [0.1, 0.15) is 17.4 Å². The van der Waals surface area contributed by atoms with Crippen molar-refractivity contribution in [1.29, 1.82) is 5.26 Å². The summed E-state index contributed by atoms with van der Waals surface area (Å²) in [4.78, 5) is 32.0. The summed E-state index contributed by atoms with van der Waals surface area (Å²) < 4.78 is 5.23. The Morgan fingerprint density at radius 3 is 2.55 bits per heavy atom. The molecule has 0 aliphatic carbocycles. The molecule has 0 aliphatic rings. The normalized spacial score (nSPS) is 11.5. The number of nitrogens with one attached hydrogen (secondary N) is 2. The number of halogens is 2. The van der Waals surface area contributed by atoms with Crippen LogP contribution in [0, 0.1) is 11.3 Å². The number of hydrogen-bond donors (Lipinski definition) is 2. The molecule has 1 aromatic heterocycles. The first-order chi connectivity index (χ1) is 14.8. The number of benzene rings is 2. The Labute approximate surface area is 192 Å². The van der Waals surface area contributed by atoms with Crippen LogP contribution in [0.2, 0.25) is 10.0 Å². The number of carbonyl (C=O) groups excluding carboxylic acids is 1. The van der Waals surface area contributed by atoms with Crippen molar-refractivity contribution in [3.63, 3.8) is 0 Å². The molecule has 158 valence electrons. The summed E-state index contributed by atoms with van der Waals surface area (Å²) in [5.74, 6) is 0.121. The van der Waals surface area contributed by atoms with Gasteiger partial charge in [-0.25, -0.2) is 4.98 Å². The molecule has 0 saturated heterocycles. The lowest BCUT2D eigenvalue weighted by molar-refractivity contribution is -0.115. The second-order valence-electron chi connectivity index (χ2n) is 6.31. The fourth-order valence-corrected chi connectivity index (χ4v) is 3.76. The van der Waals surface area contributed by atoms with Gasteiger partial charge in [0.25, 0.3) is 5.56 Å². The monoisotopic (exact) mass is 474 g/mol. The van der Waals surface area contributed by atoms with Gasteiger partial charge in [-0.15, -0.1) is 0 Å². The molecule has 31 heavy (non-hydrogen) atoms. The Morgan fingerprint density at radius 1 is 1.23 bits per heavy atom. The minimum atomic E-state index is -0.627. The summed E-state index contributed by atoms with van der Waals surface area (Å²) in [6.45, 7) is 1.66. The molecule has 0 fully saturated rings. The highest BCUT2D eigenvalue weighted by molar-refractivity contribution is 8.00. The predicted octanol–water partition coefficient (Wildman–Crippen LogP) is 4.74. The number of nitriles is 1. The standard InChI is InChI=1S/C21H16Cl2N4O3S/c1-11(19(28)25-16-9-14(23)7-8-17(16)30-2)31-21-26-18(15(10-24)20(29)27-21)12-3-5-13(22)6-4-12/h3-9,11H,1-2H3,(H,25,28)(H,26,27,29). The zero-order valence-electron chi connectivity index (χ0n) is 16.4. The molecule has 2 N–H and O–H groups in total. The lowest BCUT2D eigenvalue weighted by Gasteiger charge is -2.14. The van der Waals surface area contributed by atoms with Gasteiger partial charge < -0.3 is 15.0 Å². The van der Waals surface area contributed by atoms with Crippen LogP contribution in [-0.2, 0) is 4.79 Å².